The summed E-state index contributed by atoms with van der Waals surface area (Å²) in [7, 11) is 0. The second-order valence-electron chi connectivity index (χ2n) is 6.00. The van der Waals surface area contributed by atoms with Crippen LogP contribution < -0.4 is 10.1 Å². The largest absolute Gasteiger partial charge is 0.489 e. The van der Waals surface area contributed by atoms with E-state index in [1.54, 1.807) is 6.07 Å². The Bertz CT molecular complexity index is 606. The van der Waals surface area contributed by atoms with Crippen LogP contribution in [0.2, 0.25) is 0 Å². The summed E-state index contributed by atoms with van der Waals surface area (Å²) in [5, 5.41) is 3.00. The molecule has 4 nitrogen and oxygen atoms in total. The van der Waals surface area contributed by atoms with Gasteiger partial charge in [0.15, 0.2) is 5.76 Å². The summed E-state index contributed by atoms with van der Waals surface area (Å²) in [6.45, 7) is 5.36. The van der Waals surface area contributed by atoms with E-state index in [1.165, 1.54) is 19.1 Å². The number of rotatable bonds is 10. The molecule has 1 heterocycles. The first-order valence-electron chi connectivity index (χ1n) is 8.77. The van der Waals surface area contributed by atoms with Gasteiger partial charge in [-0.25, -0.2) is 0 Å². The first kappa shape index (κ1) is 18.1. The van der Waals surface area contributed by atoms with E-state index in [2.05, 4.69) is 19.2 Å². The van der Waals surface area contributed by atoms with Gasteiger partial charge >= 0.3 is 0 Å². The van der Waals surface area contributed by atoms with Crippen molar-refractivity contribution in [3.05, 3.63) is 54.0 Å². The predicted octanol–water partition coefficient (Wildman–Crippen LogP) is 4.80. The molecular weight excluding hydrogens is 302 g/mol. The number of para-hydroxylation sites is 1. The van der Waals surface area contributed by atoms with Gasteiger partial charge in [-0.3, -0.25) is 4.79 Å². The first-order valence-corrected chi connectivity index (χ1v) is 8.77. The van der Waals surface area contributed by atoms with E-state index in [1.807, 2.05) is 30.3 Å². The third-order valence-electron chi connectivity index (χ3n) is 4.19. The Balaban J connectivity index is 1.87. The zero-order valence-corrected chi connectivity index (χ0v) is 14.6. The topological polar surface area (TPSA) is 51.5 Å². The van der Waals surface area contributed by atoms with Gasteiger partial charge in [0, 0.05) is 12.1 Å². The highest BCUT2D eigenvalue weighted by Gasteiger charge is 2.17. The predicted molar refractivity (Wildman–Crippen MR) is 95.1 cm³/mol. The van der Waals surface area contributed by atoms with Crippen molar-refractivity contribution in [2.75, 3.05) is 6.54 Å². The standard InChI is InChI=1S/C20H27NO3/c1-3-5-9-16(4-2)14-21-20(22)19-17(12-13-23-19)15-24-18-10-7-6-8-11-18/h6-8,10-13,16H,3-5,9,14-15H2,1-2H3,(H,21,22). The molecule has 130 valence electrons. The van der Waals surface area contributed by atoms with E-state index in [-0.39, 0.29) is 5.91 Å². The van der Waals surface area contributed by atoms with Crippen molar-refractivity contribution < 1.29 is 13.9 Å². The summed E-state index contributed by atoms with van der Waals surface area (Å²) in [6, 6.07) is 11.3. The van der Waals surface area contributed by atoms with Gasteiger partial charge < -0.3 is 14.5 Å². The van der Waals surface area contributed by atoms with Crippen molar-refractivity contribution >= 4 is 5.91 Å². The second-order valence-corrected chi connectivity index (χ2v) is 6.00. The van der Waals surface area contributed by atoms with Gasteiger partial charge in [0.1, 0.15) is 12.4 Å². The molecule has 0 spiro atoms. The number of nitrogens with one attached hydrogen (secondary N) is 1. The van der Waals surface area contributed by atoms with Crippen LogP contribution in [0.5, 0.6) is 5.75 Å². The molecule has 2 aromatic rings. The van der Waals surface area contributed by atoms with Crippen molar-refractivity contribution in [2.45, 2.75) is 46.1 Å². The summed E-state index contributed by atoms with van der Waals surface area (Å²) in [5.41, 5.74) is 0.762. The Morgan fingerprint density at radius 1 is 1.21 bits per heavy atom. The number of ether oxygens (including phenoxy) is 1. The van der Waals surface area contributed by atoms with Crippen LogP contribution in [-0.2, 0) is 6.61 Å². The Kier molecular flexibility index (Phi) is 7.40. The monoisotopic (exact) mass is 329 g/mol. The van der Waals surface area contributed by atoms with Gasteiger partial charge in [0.25, 0.3) is 5.91 Å². The van der Waals surface area contributed by atoms with Gasteiger partial charge in [-0.2, -0.15) is 0 Å². The first-order chi connectivity index (χ1) is 11.7. The average Bonchev–Trinajstić information content (AvgIpc) is 3.09. The van der Waals surface area contributed by atoms with E-state index >= 15 is 0 Å². The quantitative estimate of drug-likeness (QED) is 0.681. The van der Waals surface area contributed by atoms with Crippen LogP contribution in [-0.4, -0.2) is 12.5 Å². The maximum atomic E-state index is 12.4. The number of amides is 1. The second kappa shape index (κ2) is 9.81. The van der Waals surface area contributed by atoms with Crippen molar-refractivity contribution in [1.82, 2.24) is 5.32 Å². The maximum Gasteiger partial charge on any atom is 0.287 e. The normalized spacial score (nSPS) is 11.9. The highest BCUT2D eigenvalue weighted by atomic mass is 16.5. The Morgan fingerprint density at radius 3 is 2.71 bits per heavy atom. The lowest BCUT2D eigenvalue weighted by molar-refractivity contribution is 0.0914. The number of unbranched alkanes of at least 4 members (excludes halogenated alkanes) is 1. The Morgan fingerprint density at radius 2 is 2.00 bits per heavy atom. The van der Waals surface area contributed by atoms with E-state index in [0.717, 1.165) is 24.2 Å². The van der Waals surface area contributed by atoms with E-state index in [0.29, 0.717) is 24.8 Å². The smallest absolute Gasteiger partial charge is 0.287 e. The summed E-state index contributed by atoms with van der Waals surface area (Å²) in [5.74, 6) is 1.47. The van der Waals surface area contributed by atoms with Gasteiger partial charge in [0.2, 0.25) is 0 Å². The van der Waals surface area contributed by atoms with Crippen LogP contribution in [0.15, 0.2) is 47.1 Å². The summed E-state index contributed by atoms with van der Waals surface area (Å²) < 4.78 is 11.1. The molecule has 1 N–H and O–H groups in total. The fourth-order valence-corrected chi connectivity index (χ4v) is 2.59. The third kappa shape index (κ3) is 5.44. The lowest BCUT2D eigenvalue weighted by Gasteiger charge is -2.15. The van der Waals surface area contributed by atoms with Crippen molar-refractivity contribution in [3.63, 3.8) is 0 Å². The van der Waals surface area contributed by atoms with E-state index < -0.39 is 0 Å². The van der Waals surface area contributed by atoms with Crippen LogP contribution in [0, 0.1) is 5.92 Å². The molecule has 0 saturated carbocycles. The van der Waals surface area contributed by atoms with Crippen LogP contribution >= 0.6 is 0 Å². The summed E-state index contributed by atoms with van der Waals surface area (Å²) in [4.78, 5) is 12.4. The van der Waals surface area contributed by atoms with Crippen molar-refractivity contribution in [3.8, 4) is 5.75 Å². The van der Waals surface area contributed by atoms with Gasteiger partial charge in [-0.05, 0) is 30.5 Å². The van der Waals surface area contributed by atoms with Crippen molar-refractivity contribution in [1.29, 1.82) is 0 Å². The molecule has 2 rings (SSSR count). The summed E-state index contributed by atoms with van der Waals surface area (Å²) in [6.07, 6.45) is 6.14. The number of carbonyl (C=O) groups excluding carboxylic acids is 1. The molecule has 0 aliphatic rings. The molecule has 0 aliphatic carbocycles. The Labute approximate surface area is 144 Å². The number of hydrogen-bond donors (Lipinski definition) is 1. The highest BCUT2D eigenvalue weighted by Crippen LogP contribution is 2.16. The minimum Gasteiger partial charge on any atom is -0.489 e. The lowest BCUT2D eigenvalue weighted by atomic mass is 9.99. The minimum atomic E-state index is -0.165. The van der Waals surface area contributed by atoms with Gasteiger partial charge in [-0.1, -0.05) is 51.3 Å². The molecule has 0 aliphatic heterocycles. The molecule has 0 bridgehead atoms. The van der Waals surface area contributed by atoms with Crippen LogP contribution in [0.4, 0.5) is 0 Å². The van der Waals surface area contributed by atoms with Crippen molar-refractivity contribution in [2.24, 2.45) is 5.92 Å². The van der Waals surface area contributed by atoms with E-state index in [9.17, 15) is 4.79 Å². The molecule has 1 amide bonds. The fraction of sp³-hybridized carbons (Fsp3) is 0.450. The number of hydrogen-bond acceptors (Lipinski definition) is 3. The van der Waals surface area contributed by atoms with Crippen LogP contribution in [0.1, 0.15) is 55.6 Å². The average molecular weight is 329 g/mol. The molecule has 4 heteroatoms. The molecule has 1 unspecified atom stereocenters. The summed E-state index contributed by atoms with van der Waals surface area (Å²) >= 11 is 0. The number of furan rings is 1. The Hall–Kier alpha value is -2.23. The molecule has 1 aromatic heterocycles. The zero-order chi connectivity index (χ0) is 17.2. The fourth-order valence-electron chi connectivity index (χ4n) is 2.59. The van der Waals surface area contributed by atoms with Crippen LogP contribution in [0.25, 0.3) is 0 Å². The third-order valence-corrected chi connectivity index (χ3v) is 4.19. The van der Waals surface area contributed by atoms with E-state index in [4.69, 9.17) is 9.15 Å². The SMILES string of the molecule is CCCCC(CC)CNC(=O)c1occc1COc1ccccc1. The molecular formula is C20H27NO3. The zero-order valence-electron chi connectivity index (χ0n) is 14.6. The molecule has 1 atom stereocenters. The molecule has 24 heavy (non-hydrogen) atoms. The number of carbonyl (C=O) groups is 1. The molecule has 0 radical (unpaired) electrons. The lowest BCUT2D eigenvalue weighted by Crippen LogP contribution is -2.29. The molecule has 0 saturated heterocycles. The van der Waals surface area contributed by atoms with Crippen LogP contribution in [0.3, 0.4) is 0 Å². The molecule has 0 fully saturated rings. The van der Waals surface area contributed by atoms with Gasteiger partial charge in [0.05, 0.1) is 6.26 Å². The minimum absolute atomic E-state index is 0.165. The number of benzene rings is 1. The molecule has 1 aromatic carbocycles. The maximum absolute atomic E-state index is 12.4. The highest BCUT2D eigenvalue weighted by molar-refractivity contribution is 5.92. The van der Waals surface area contributed by atoms with Gasteiger partial charge in [-0.15, -0.1) is 0 Å².